The van der Waals surface area contributed by atoms with Crippen LogP contribution in [0.4, 0.5) is 11.4 Å². The largest absolute Gasteiger partial charge is 1.00 e. The zero-order valence-electron chi connectivity index (χ0n) is 17.2. The van der Waals surface area contributed by atoms with Crippen LogP contribution in [0.5, 0.6) is 0 Å². The standard InChI is InChI=1S/C21H16N2O7S2.Na/c22-19-16(32(28,29)30)10-15(23-31(26,27)11-12-6-2-1-3-7-12)17-18(19)21(25)14-9-5-4-8-13(14)20(17)24;/h1-10,23H,11,22H2,(H,28,29,30);/q;+1/p-1. The van der Waals surface area contributed by atoms with Gasteiger partial charge in [-0.2, -0.15) is 0 Å². The van der Waals surface area contributed by atoms with Crippen molar-refractivity contribution in [3.8, 4) is 0 Å². The van der Waals surface area contributed by atoms with E-state index in [4.69, 9.17) is 5.73 Å². The van der Waals surface area contributed by atoms with E-state index < -0.39 is 64.9 Å². The zero-order valence-corrected chi connectivity index (χ0v) is 20.9. The summed E-state index contributed by atoms with van der Waals surface area (Å²) in [6.07, 6.45) is 0. The molecule has 0 saturated carbocycles. The van der Waals surface area contributed by atoms with Crippen LogP contribution in [0, 0.1) is 0 Å². The summed E-state index contributed by atoms with van der Waals surface area (Å²) >= 11 is 0. The van der Waals surface area contributed by atoms with E-state index in [-0.39, 0.29) is 40.7 Å². The first-order chi connectivity index (χ1) is 15.0. The molecule has 0 bridgehead atoms. The Hall–Kier alpha value is -2.54. The Labute approximate surface area is 212 Å². The first-order valence-electron chi connectivity index (χ1n) is 9.15. The summed E-state index contributed by atoms with van der Waals surface area (Å²) < 4.78 is 63.0. The van der Waals surface area contributed by atoms with Gasteiger partial charge in [0.15, 0.2) is 11.6 Å². The fourth-order valence-corrected chi connectivity index (χ4v) is 5.41. The zero-order chi connectivity index (χ0) is 23.3. The van der Waals surface area contributed by atoms with Crippen molar-refractivity contribution in [1.82, 2.24) is 0 Å². The number of benzene rings is 3. The van der Waals surface area contributed by atoms with Gasteiger partial charge in [0.1, 0.15) is 10.1 Å². The van der Waals surface area contributed by atoms with E-state index in [0.29, 0.717) is 11.6 Å². The molecule has 12 heteroatoms. The Kier molecular flexibility index (Phi) is 6.85. The average Bonchev–Trinajstić information content (AvgIpc) is 2.72. The summed E-state index contributed by atoms with van der Waals surface area (Å²) in [5.74, 6) is -2.01. The van der Waals surface area contributed by atoms with Crippen LogP contribution < -0.4 is 40.0 Å². The van der Waals surface area contributed by atoms with Crippen molar-refractivity contribution in [2.75, 3.05) is 10.5 Å². The molecule has 0 spiro atoms. The molecule has 0 saturated heterocycles. The number of hydrogen-bond acceptors (Lipinski definition) is 8. The number of rotatable bonds is 5. The quantitative estimate of drug-likeness (QED) is 0.200. The maximum absolute atomic E-state index is 13.2. The van der Waals surface area contributed by atoms with E-state index in [9.17, 15) is 31.0 Å². The molecule has 3 aromatic carbocycles. The van der Waals surface area contributed by atoms with Crippen molar-refractivity contribution in [3.63, 3.8) is 0 Å². The van der Waals surface area contributed by atoms with Gasteiger partial charge in [-0.25, -0.2) is 16.8 Å². The van der Waals surface area contributed by atoms with Gasteiger partial charge in [-0.1, -0.05) is 54.6 Å². The first-order valence-corrected chi connectivity index (χ1v) is 12.2. The molecule has 1 aliphatic carbocycles. The number of anilines is 2. The van der Waals surface area contributed by atoms with Crippen molar-refractivity contribution in [2.24, 2.45) is 0 Å². The molecule has 0 aliphatic heterocycles. The molecule has 4 rings (SSSR count). The maximum Gasteiger partial charge on any atom is 1.00 e. The van der Waals surface area contributed by atoms with Crippen LogP contribution in [0.2, 0.25) is 0 Å². The number of nitrogens with two attached hydrogens (primary N) is 1. The second kappa shape index (κ2) is 9.01. The van der Waals surface area contributed by atoms with Crippen LogP contribution in [-0.4, -0.2) is 33.0 Å². The number of nitrogens with one attached hydrogen (secondary N) is 1. The molecule has 0 radical (unpaired) electrons. The second-order valence-corrected chi connectivity index (χ2v) is 10.2. The van der Waals surface area contributed by atoms with Gasteiger partial charge in [-0.05, 0) is 11.6 Å². The molecule has 0 amide bonds. The number of hydrogen-bond donors (Lipinski definition) is 2. The Morgan fingerprint density at radius 1 is 0.818 bits per heavy atom. The van der Waals surface area contributed by atoms with Crippen LogP contribution in [0.3, 0.4) is 0 Å². The Bertz CT molecular complexity index is 1500. The van der Waals surface area contributed by atoms with Gasteiger partial charge in [0.25, 0.3) is 0 Å². The van der Waals surface area contributed by atoms with E-state index in [2.05, 4.69) is 4.72 Å². The molecule has 9 nitrogen and oxygen atoms in total. The molecule has 1 aliphatic rings. The summed E-state index contributed by atoms with van der Waals surface area (Å²) in [4.78, 5) is 25.2. The van der Waals surface area contributed by atoms with Crippen LogP contribution in [0.25, 0.3) is 0 Å². The van der Waals surface area contributed by atoms with Crippen molar-refractivity contribution in [1.29, 1.82) is 0 Å². The van der Waals surface area contributed by atoms with E-state index in [0.717, 1.165) is 0 Å². The van der Waals surface area contributed by atoms with Gasteiger partial charge in [-0.3, -0.25) is 14.3 Å². The Morgan fingerprint density at radius 2 is 1.33 bits per heavy atom. The van der Waals surface area contributed by atoms with Gasteiger partial charge in [0, 0.05) is 11.1 Å². The van der Waals surface area contributed by atoms with E-state index >= 15 is 0 Å². The molecule has 0 unspecified atom stereocenters. The predicted octanol–water partition coefficient (Wildman–Crippen LogP) is -1.11. The van der Waals surface area contributed by atoms with Gasteiger partial charge in [-0.15, -0.1) is 0 Å². The summed E-state index contributed by atoms with van der Waals surface area (Å²) in [6.45, 7) is 0. The van der Waals surface area contributed by atoms with E-state index in [1.54, 1.807) is 30.3 Å². The monoisotopic (exact) mass is 494 g/mol. The second-order valence-electron chi connectivity index (χ2n) is 7.09. The van der Waals surface area contributed by atoms with Crippen molar-refractivity contribution < 1.29 is 60.5 Å². The summed E-state index contributed by atoms with van der Waals surface area (Å²) in [6, 6.07) is 14.5. The molecular formula is C21H15N2NaO7S2. The maximum atomic E-state index is 13.2. The van der Waals surface area contributed by atoms with E-state index in [1.807, 2.05) is 0 Å². The molecule has 164 valence electrons. The van der Waals surface area contributed by atoms with Crippen LogP contribution in [-0.2, 0) is 25.9 Å². The summed E-state index contributed by atoms with van der Waals surface area (Å²) in [7, 11) is -9.36. The first kappa shape index (κ1) is 25.1. The van der Waals surface area contributed by atoms with Crippen molar-refractivity contribution in [2.45, 2.75) is 10.6 Å². The number of sulfonamides is 1. The molecule has 33 heavy (non-hydrogen) atoms. The minimum atomic E-state index is -5.20. The van der Waals surface area contributed by atoms with Gasteiger partial charge >= 0.3 is 29.6 Å². The topological polar surface area (TPSA) is 164 Å². The van der Waals surface area contributed by atoms with Gasteiger partial charge in [0.2, 0.25) is 10.0 Å². The third-order valence-corrected chi connectivity index (χ3v) is 7.06. The SMILES string of the molecule is Nc1c(S(=O)(=O)[O-])cc(NS(=O)(=O)Cc2ccccc2)c2c1C(=O)c1ccccc1C2=O.[Na+]. The van der Waals surface area contributed by atoms with Gasteiger partial charge in [0.05, 0.1) is 33.2 Å². The molecule has 0 atom stereocenters. The van der Waals surface area contributed by atoms with E-state index in [1.165, 1.54) is 24.3 Å². The number of fused-ring (bicyclic) bond motifs is 2. The number of carbonyl (C=O) groups excluding carboxylic acids is 2. The third-order valence-electron chi connectivity index (χ3n) is 4.93. The fourth-order valence-electron chi connectivity index (χ4n) is 3.58. The number of ketones is 2. The third kappa shape index (κ3) is 4.74. The van der Waals surface area contributed by atoms with Gasteiger partial charge < -0.3 is 10.3 Å². The summed E-state index contributed by atoms with van der Waals surface area (Å²) in [5, 5.41) is 0. The molecule has 0 fully saturated rings. The summed E-state index contributed by atoms with van der Waals surface area (Å²) in [5.41, 5.74) is 4.09. The Balaban J connectivity index is 0.00000306. The Morgan fingerprint density at radius 3 is 1.88 bits per heavy atom. The van der Waals surface area contributed by atoms with Crippen LogP contribution >= 0.6 is 0 Å². The molecule has 0 aromatic heterocycles. The number of nitrogen functional groups attached to an aromatic ring is 1. The smallest absolute Gasteiger partial charge is 0.744 e. The minimum absolute atomic E-state index is 0. The average molecular weight is 494 g/mol. The molecule has 3 N–H and O–H groups in total. The van der Waals surface area contributed by atoms with Crippen molar-refractivity contribution in [3.05, 3.63) is 88.5 Å². The molecule has 3 aromatic rings. The molecular weight excluding hydrogens is 479 g/mol. The van der Waals surface area contributed by atoms with Crippen LogP contribution in [0.1, 0.15) is 37.4 Å². The van der Waals surface area contributed by atoms with Crippen molar-refractivity contribution >= 4 is 43.1 Å². The molecule has 0 heterocycles. The predicted molar refractivity (Wildman–Crippen MR) is 115 cm³/mol. The normalized spacial score (nSPS) is 13.0. The number of carbonyl (C=O) groups is 2. The van der Waals surface area contributed by atoms with Crippen LogP contribution in [0.15, 0.2) is 65.6 Å². The minimum Gasteiger partial charge on any atom is -0.744 e. The fraction of sp³-hybridized carbons (Fsp3) is 0.0476.